The van der Waals surface area contributed by atoms with Crippen molar-refractivity contribution in [3.8, 4) is 5.75 Å². The number of hydrogen-bond acceptors (Lipinski definition) is 3. The van der Waals surface area contributed by atoms with Crippen LogP contribution < -0.4 is 5.32 Å². The molecular weight excluding hydrogens is 212 g/mol. The molecule has 0 aliphatic carbocycles. The zero-order valence-electron chi connectivity index (χ0n) is 10.3. The summed E-state index contributed by atoms with van der Waals surface area (Å²) in [6, 6.07) is 7.74. The number of anilines is 1. The predicted molar refractivity (Wildman–Crippen MR) is 71.4 cm³/mol. The highest BCUT2D eigenvalue weighted by Gasteiger charge is 2.07. The van der Waals surface area contributed by atoms with Crippen LogP contribution in [0.25, 0.3) is 10.8 Å². The fourth-order valence-corrected chi connectivity index (χ4v) is 1.96. The molecule has 0 saturated heterocycles. The maximum absolute atomic E-state index is 9.55. The molecule has 2 rings (SSSR count). The van der Waals surface area contributed by atoms with Crippen molar-refractivity contribution in [1.29, 1.82) is 0 Å². The summed E-state index contributed by atoms with van der Waals surface area (Å²) in [6.45, 7) is 4.31. The zero-order chi connectivity index (χ0) is 12.3. The lowest BCUT2D eigenvalue weighted by molar-refractivity contribution is 0.476. The third kappa shape index (κ3) is 2.49. The van der Waals surface area contributed by atoms with Crippen LogP contribution in [-0.4, -0.2) is 16.1 Å². The van der Waals surface area contributed by atoms with E-state index in [9.17, 15) is 5.11 Å². The summed E-state index contributed by atoms with van der Waals surface area (Å²) in [4.78, 5) is 4.36. The van der Waals surface area contributed by atoms with Gasteiger partial charge in [0.2, 0.25) is 0 Å². The number of rotatable bonds is 4. The molecule has 2 aromatic rings. The molecule has 0 radical (unpaired) electrons. The fourth-order valence-electron chi connectivity index (χ4n) is 1.96. The van der Waals surface area contributed by atoms with Crippen molar-refractivity contribution in [2.45, 2.75) is 32.7 Å². The van der Waals surface area contributed by atoms with Crippen LogP contribution in [0, 0.1) is 0 Å². The Morgan fingerprint density at radius 1 is 1.24 bits per heavy atom. The maximum Gasteiger partial charge on any atom is 0.134 e. The van der Waals surface area contributed by atoms with Crippen molar-refractivity contribution in [1.82, 2.24) is 4.98 Å². The highest BCUT2D eigenvalue weighted by atomic mass is 16.3. The average molecular weight is 230 g/mol. The lowest BCUT2D eigenvalue weighted by Crippen LogP contribution is -2.17. The van der Waals surface area contributed by atoms with E-state index in [1.54, 1.807) is 18.3 Å². The molecule has 2 N–H and O–H groups in total. The van der Waals surface area contributed by atoms with Crippen LogP contribution in [0.4, 0.5) is 5.82 Å². The molecule has 1 aromatic carbocycles. The quantitative estimate of drug-likeness (QED) is 0.844. The van der Waals surface area contributed by atoms with Crippen LogP contribution in [0.2, 0.25) is 0 Å². The van der Waals surface area contributed by atoms with E-state index in [0.717, 1.165) is 29.4 Å². The van der Waals surface area contributed by atoms with E-state index in [1.807, 2.05) is 12.1 Å². The minimum Gasteiger partial charge on any atom is -0.508 e. The van der Waals surface area contributed by atoms with Gasteiger partial charge in [0.05, 0.1) is 0 Å². The number of pyridine rings is 1. The number of benzene rings is 1. The highest BCUT2D eigenvalue weighted by Crippen LogP contribution is 2.25. The van der Waals surface area contributed by atoms with Gasteiger partial charge in [-0.1, -0.05) is 19.9 Å². The van der Waals surface area contributed by atoms with Crippen molar-refractivity contribution in [3.63, 3.8) is 0 Å². The number of phenolic OH excluding ortho intramolecular Hbond substituents is 1. The first-order valence-corrected chi connectivity index (χ1v) is 6.08. The van der Waals surface area contributed by atoms with Crippen LogP contribution in [0.1, 0.15) is 26.7 Å². The lowest BCUT2D eigenvalue weighted by atomic mass is 10.1. The number of fused-ring (bicyclic) bond motifs is 1. The average Bonchev–Trinajstić information content (AvgIpc) is 2.36. The maximum atomic E-state index is 9.55. The first-order chi connectivity index (χ1) is 8.24. The Balaban J connectivity index is 2.42. The minimum absolute atomic E-state index is 0.276. The first kappa shape index (κ1) is 11.7. The monoisotopic (exact) mass is 230 g/mol. The topological polar surface area (TPSA) is 45.2 Å². The molecule has 0 spiro atoms. The molecule has 1 heterocycles. The summed E-state index contributed by atoms with van der Waals surface area (Å²) >= 11 is 0. The normalized spacial score (nSPS) is 11.0. The van der Waals surface area contributed by atoms with E-state index < -0.39 is 0 Å². The summed E-state index contributed by atoms with van der Waals surface area (Å²) in [5, 5.41) is 15.0. The SMILES string of the molecule is CCC(CC)Nc1nccc2ccc(O)cc12. The van der Waals surface area contributed by atoms with Gasteiger partial charge in [-0.3, -0.25) is 0 Å². The molecule has 0 amide bonds. The van der Waals surface area contributed by atoms with Crippen LogP contribution >= 0.6 is 0 Å². The molecule has 0 saturated carbocycles. The number of hydrogen-bond donors (Lipinski definition) is 2. The van der Waals surface area contributed by atoms with Gasteiger partial charge in [0.25, 0.3) is 0 Å². The molecule has 0 aliphatic heterocycles. The smallest absolute Gasteiger partial charge is 0.134 e. The van der Waals surface area contributed by atoms with E-state index in [4.69, 9.17) is 0 Å². The Morgan fingerprint density at radius 3 is 2.71 bits per heavy atom. The Kier molecular flexibility index (Phi) is 3.47. The van der Waals surface area contributed by atoms with E-state index in [0.29, 0.717) is 6.04 Å². The molecule has 90 valence electrons. The van der Waals surface area contributed by atoms with Gasteiger partial charge in [0.1, 0.15) is 11.6 Å². The molecule has 0 aliphatic rings. The molecule has 17 heavy (non-hydrogen) atoms. The van der Waals surface area contributed by atoms with Crippen molar-refractivity contribution >= 4 is 16.6 Å². The third-order valence-electron chi connectivity index (χ3n) is 3.08. The van der Waals surface area contributed by atoms with E-state index in [-0.39, 0.29) is 5.75 Å². The molecule has 3 nitrogen and oxygen atoms in total. The lowest BCUT2D eigenvalue weighted by Gasteiger charge is -2.16. The largest absolute Gasteiger partial charge is 0.508 e. The van der Waals surface area contributed by atoms with Gasteiger partial charge in [-0.25, -0.2) is 4.98 Å². The summed E-state index contributed by atoms with van der Waals surface area (Å²) in [7, 11) is 0. The van der Waals surface area contributed by atoms with Crippen molar-refractivity contribution in [3.05, 3.63) is 30.5 Å². The second-order valence-corrected chi connectivity index (χ2v) is 4.22. The van der Waals surface area contributed by atoms with Gasteiger partial charge in [-0.05, 0) is 36.4 Å². The zero-order valence-corrected chi connectivity index (χ0v) is 10.3. The van der Waals surface area contributed by atoms with Crippen LogP contribution in [0.15, 0.2) is 30.5 Å². The Labute approximate surface area is 102 Å². The molecule has 0 fully saturated rings. The van der Waals surface area contributed by atoms with Crippen LogP contribution in [0.3, 0.4) is 0 Å². The first-order valence-electron chi connectivity index (χ1n) is 6.08. The Hall–Kier alpha value is -1.77. The number of nitrogens with zero attached hydrogens (tertiary/aromatic N) is 1. The summed E-state index contributed by atoms with van der Waals surface area (Å²) in [5.74, 6) is 1.13. The van der Waals surface area contributed by atoms with Crippen molar-refractivity contribution in [2.75, 3.05) is 5.32 Å². The van der Waals surface area contributed by atoms with E-state index in [1.165, 1.54) is 0 Å². The van der Waals surface area contributed by atoms with Gasteiger partial charge in [0, 0.05) is 17.6 Å². The van der Waals surface area contributed by atoms with Gasteiger partial charge in [-0.15, -0.1) is 0 Å². The summed E-state index contributed by atoms with van der Waals surface area (Å²) < 4.78 is 0. The fraction of sp³-hybridized carbons (Fsp3) is 0.357. The van der Waals surface area contributed by atoms with Crippen LogP contribution in [0.5, 0.6) is 5.75 Å². The van der Waals surface area contributed by atoms with E-state index in [2.05, 4.69) is 24.1 Å². The molecule has 1 aromatic heterocycles. The number of phenols is 1. The van der Waals surface area contributed by atoms with Gasteiger partial charge in [-0.2, -0.15) is 0 Å². The molecule has 3 heteroatoms. The van der Waals surface area contributed by atoms with Crippen LogP contribution in [-0.2, 0) is 0 Å². The number of nitrogens with one attached hydrogen (secondary N) is 1. The summed E-state index contributed by atoms with van der Waals surface area (Å²) in [5.41, 5.74) is 0. The Bertz CT molecular complexity index is 507. The van der Waals surface area contributed by atoms with E-state index >= 15 is 0 Å². The number of aromatic nitrogens is 1. The third-order valence-corrected chi connectivity index (χ3v) is 3.08. The second kappa shape index (κ2) is 5.04. The van der Waals surface area contributed by atoms with Crippen molar-refractivity contribution < 1.29 is 5.11 Å². The predicted octanol–water partition coefficient (Wildman–Crippen LogP) is 3.54. The van der Waals surface area contributed by atoms with Gasteiger partial charge in [0.15, 0.2) is 0 Å². The molecule has 0 bridgehead atoms. The van der Waals surface area contributed by atoms with Gasteiger partial charge < -0.3 is 10.4 Å². The number of aromatic hydroxyl groups is 1. The second-order valence-electron chi connectivity index (χ2n) is 4.22. The Morgan fingerprint density at radius 2 is 2.00 bits per heavy atom. The summed E-state index contributed by atoms with van der Waals surface area (Å²) in [6.07, 6.45) is 3.92. The minimum atomic E-state index is 0.276. The van der Waals surface area contributed by atoms with Gasteiger partial charge >= 0.3 is 0 Å². The van der Waals surface area contributed by atoms with Crippen molar-refractivity contribution in [2.24, 2.45) is 0 Å². The molecular formula is C14H18N2O. The standard InChI is InChI=1S/C14H18N2O/c1-3-11(4-2)16-14-13-9-12(17)6-5-10(13)7-8-15-14/h5-9,11,17H,3-4H2,1-2H3,(H,15,16). The molecule has 0 unspecified atom stereocenters. The molecule has 0 atom stereocenters. The highest BCUT2D eigenvalue weighted by molar-refractivity contribution is 5.92.